The first-order valence-corrected chi connectivity index (χ1v) is 5.82. The average molecular weight is 244 g/mol. The van der Waals surface area contributed by atoms with Gasteiger partial charge in [-0.15, -0.1) is 0 Å². The SMILES string of the molecule is CCCCOCC(=O)C(C(C)=O)C(=O)OCC. The number of rotatable bonds is 9. The first-order valence-electron chi connectivity index (χ1n) is 5.82. The fourth-order valence-electron chi connectivity index (χ4n) is 1.25. The largest absolute Gasteiger partial charge is 0.465 e. The molecule has 0 aromatic rings. The smallest absolute Gasteiger partial charge is 0.324 e. The van der Waals surface area contributed by atoms with E-state index in [9.17, 15) is 14.4 Å². The van der Waals surface area contributed by atoms with Gasteiger partial charge in [0, 0.05) is 6.61 Å². The number of hydrogen-bond donors (Lipinski definition) is 0. The number of carbonyl (C=O) groups excluding carboxylic acids is 3. The van der Waals surface area contributed by atoms with Gasteiger partial charge in [0.05, 0.1) is 6.61 Å². The Balaban J connectivity index is 4.25. The van der Waals surface area contributed by atoms with Crippen molar-refractivity contribution in [3.63, 3.8) is 0 Å². The summed E-state index contributed by atoms with van der Waals surface area (Å²) >= 11 is 0. The van der Waals surface area contributed by atoms with Crippen LogP contribution in [0.3, 0.4) is 0 Å². The number of Topliss-reactive ketones (excluding diaryl/α,β-unsaturated/α-hetero) is 2. The van der Waals surface area contributed by atoms with Gasteiger partial charge in [0.25, 0.3) is 0 Å². The molecule has 0 fully saturated rings. The van der Waals surface area contributed by atoms with E-state index in [1.54, 1.807) is 6.92 Å². The molecular formula is C12H20O5. The zero-order valence-electron chi connectivity index (χ0n) is 10.7. The van der Waals surface area contributed by atoms with Crippen LogP contribution in [0.2, 0.25) is 0 Å². The monoisotopic (exact) mass is 244 g/mol. The minimum Gasteiger partial charge on any atom is -0.465 e. The van der Waals surface area contributed by atoms with Crippen molar-refractivity contribution in [2.75, 3.05) is 19.8 Å². The van der Waals surface area contributed by atoms with E-state index >= 15 is 0 Å². The Labute approximate surface area is 101 Å². The van der Waals surface area contributed by atoms with Crippen molar-refractivity contribution < 1.29 is 23.9 Å². The first-order chi connectivity index (χ1) is 8.04. The molecule has 0 aliphatic carbocycles. The molecule has 1 unspecified atom stereocenters. The number of ketones is 2. The fraction of sp³-hybridized carbons (Fsp3) is 0.750. The van der Waals surface area contributed by atoms with Gasteiger partial charge in [0.15, 0.2) is 17.5 Å². The van der Waals surface area contributed by atoms with Crippen LogP contribution >= 0.6 is 0 Å². The van der Waals surface area contributed by atoms with Crippen molar-refractivity contribution in [3.8, 4) is 0 Å². The molecule has 17 heavy (non-hydrogen) atoms. The molecule has 0 aliphatic rings. The van der Waals surface area contributed by atoms with E-state index in [-0.39, 0.29) is 13.2 Å². The van der Waals surface area contributed by atoms with E-state index in [1.807, 2.05) is 6.92 Å². The maximum absolute atomic E-state index is 11.6. The molecule has 0 saturated heterocycles. The van der Waals surface area contributed by atoms with Crippen LogP contribution in [-0.2, 0) is 23.9 Å². The highest BCUT2D eigenvalue weighted by atomic mass is 16.5. The fourth-order valence-corrected chi connectivity index (χ4v) is 1.25. The van der Waals surface area contributed by atoms with Gasteiger partial charge in [-0.3, -0.25) is 14.4 Å². The second-order valence-corrected chi connectivity index (χ2v) is 3.67. The van der Waals surface area contributed by atoms with E-state index in [0.717, 1.165) is 12.8 Å². The van der Waals surface area contributed by atoms with Gasteiger partial charge in [-0.1, -0.05) is 13.3 Å². The quantitative estimate of drug-likeness (QED) is 0.345. The summed E-state index contributed by atoms with van der Waals surface area (Å²) in [6.45, 7) is 5.20. The van der Waals surface area contributed by atoms with E-state index in [2.05, 4.69) is 4.74 Å². The van der Waals surface area contributed by atoms with Crippen molar-refractivity contribution in [2.24, 2.45) is 5.92 Å². The van der Waals surface area contributed by atoms with Gasteiger partial charge in [-0.2, -0.15) is 0 Å². The van der Waals surface area contributed by atoms with E-state index < -0.39 is 23.5 Å². The summed E-state index contributed by atoms with van der Waals surface area (Å²) < 4.78 is 9.76. The highest BCUT2D eigenvalue weighted by Crippen LogP contribution is 2.05. The molecule has 0 rings (SSSR count). The molecule has 98 valence electrons. The summed E-state index contributed by atoms with van der Waals surface area (Å²) in [5.41, 5.74) is 0. The highest BCUT2D eigenvalue weighted by Gasteiger charge is 2.32. The molecule has 0 radical (unpaired) electrons. The Bertz CT molecular complexity index is 272. The van der Waals surface area contributed by atoms with Crippen LogP contribution in [0.15, 0.2) is 0 Å². The van der Waals surface area contributed by atoms with Gasteiger partial charge in [0.2, 0.25) is 0 Å². The minimum atomic E-state index is -1.34. The molecule has 5 heteroatoms. The van der Waals surface area contributed by atoms with Gasteiger partial charge in [-0.05, 0) is 20.3 Å². The zero-order valence-corrected chi connectivity index (χ0v) is 10.7. The predicted octanol–water partition coefficient (Wildman–Crippen LogP) is 1.14. The Morgan fingerprint density at radius 1 is 1.18 bits per heavy atom. The van der Waals surface area contributed by atoms with Crippen LogP contribution in [0.4, 0.5) is 0 Å². The van der Waals surface area contributed by atoms with Crippen LogP contribution in [0.5, 0.6) is 0 Å². The highest BCUT2D eigenvalue weighted by molar-refractivity contribution is 6.16. The molecule has 0 heterocycles. The topological polar surface area (TPSA) is 69.7 Å². The molecule has 0 amide bonds. The molecule has 0 N–H and O–H groups in total. The third-order valence-electron chi connectivity index (χ3n) is 2.14. The normalized spacial score (nSPS) is 11.9. The maximum Gasteiger partial charge on any atom is 0.324 e. The second kappa shape index (κ2) is 8.87. The van der Waals surface area contributed by atoms with Crippen LogP contribution in [0, 0.1) is 5.92 Å². The number of unbranched alkanes of at least 4 members (excludes halogenated alkanes) is 1. The molecule has 0 bridgehead atoms. The molecule has 0 spiro atoms. The number of esters is 1. The van der Waals surface area contributed by atoms with E-state index in [0.29, 0.717) is 6.61 Å². The Morgan fingerprint density at radius 2 is 1.82 bits per heavy atom. The Kier molecular flexibility index (Phi) is 8.23. The lowest BCUT2D eigenvalue weighted by molar-refractivity contribution is -0.155. The van der Waals surface area contributed by atoms with E-state index in [1.165, 1.54) is 6.92 Å². The van der Waals surface area contributed by atoms with Crippen molar-refractivity contribution in [3.05, 3.63) is 0 Å². The van der Waals surface area contributed by atoms with Gasteiger partial charge in [-0.25, -0.2) is 0 Å². The molecule has 0 aromatic heterocycles. The zero-order chi connectivity index (χ0) is 13.3. The van der Waals surface area contributed by atoms with Crippen molar-refractivity contribution >= 4 is 17.5 Å². The third kappa shape index (κ3) is 6.16. The third-order valence-corrected chi connectivity index (χ3v) is 2.14. The van der Waals surface area contributed by atoms with Crippen LogP contribution in [-0.4, -0.2) is 37.4 Å². The van der Waals surface area contributed by atoms with Crippen molar-refractivity contribution in [2.45, 2.75) is 33.6 Å². The minimum absolute atomic E-state index is 0.145. The van der Waals surface area contributed by atoms with Crippen molar-refractivity contribution in [1.29, 1.82) is 0 Å². The van der Waals surface area contributed by atoms with Gasteiger partial charge >= 0.3 is 5.97 Å². The lowest BCUT2D eigenvalue weighted by Crippen LogP contribution is -2.34. The predicted molar refractivity (Wildman–Crippen MR) is 61.5 cm³/mol. The Morgan fingerprint density at radius 3 is 2.29 bits per heavy atom. The lowest BCUT2D eigenvalue weighted by atomic mass is 10.0. The molecule has 0 aliphatic heterocycles. The number of carbonyl (C=O) groups is 3. The van der Waals surface area contributed by atoms with Crippen molar-refractivity contribution in [1.82, 2.24) is 0 Å². The second-order valence-electron chi connectivity index (χ2n) is 3.67. The molecule has 5 nitrogen and oxygen atoms in total. The van der Waals surface area contributed by atoms with E-state index in [4.69, 9.17) is 4.74 Å². The standard InChI is InChI=1S/C12H20O5/c1-4-6-7-16-8-10(14)11(9(3)13)12(15)17-5-2/h11H,4-8H2,1-3H3. The lowest BCUT2D eigenvalue weighted by Gasteiger charge is -2.11. The molecular weight excluding hydrogens is 224 g/mol. The summed E-state index contributed by atoms with van der Waals surface area (Å²) in [4.78, 5) is 34.2. The molecule has 1 atom stereocenters. The summed E-state index contributed by atoms with van der Waals surface area (Å²) in [7, 11) is 0. The average Bonchev–Trinajstić information content (AvgIpc) is 2.24. The van der Waals surface area contributed by atoms with Crippen LogP contribution in [0.25, 0.3) is 0 Å². The van der Waals surface area contributed by atoms with Crippen LogP contribution in [0.1, 0.15) is 33.6 Å². The summed E-state index contributed by atoms with van der Waals surface area (Å²) in [5, 5.41) is 0. The van der Waals surface area contributed by atoms with Crippen LogP contribution < -0.4 is 0 Å². The summed E-state index contributed by atoms with van der Waals surface area (Å²) in [6.07, 6.45) is 1.81. The number of hydrogen-bond acceptors (Lipinski definition) is 5. The maximum atomic E-state index is 11.6. The van der Waals surface area contributed by atoms with Gasteiger partial charge in [0.1, 0.15) is 6.61 Å². The summed E-state index contributed by atoms with van der Waals surface area (Å²) in [6, 6.07) is 0. The number of ether oxygens (including phenoxy) is 2. The summed E-state index contributed by atoms with van der Waals surface area (Å²) in [5.74, 6) is -3.17. The van der Waals surface area contributed by atoms with Gasteiger partial charge < -0.3 is 9.47 Å². The Hall–Kier alpha value is -1.23. The molecule has 0 aromatic carbocycles. The first kappa shape index (κ1) is 15.8. The molecule has 0 saturated carbocycles.